The van der Waals surface area contributed by atoms with Gasteiger partial charge in [0.2, 0.25) is 15.9 Å². The van der Waals surface area contributed by atoms with Gasteiger partial charge in [0.15, 0.2) is 0 Å². The van der Waals surface area contributed by atoms with Crippen LogP contribution in [0.5, 0.6) is 0 Å². The second kappa shape index (κ2) is 9.12. The topological polar surface area (TPSA) is 75.7 Å². The maximum atomic E-state index is 12.7. The van der Waals surface area contributed by atoms with E-state index < -0.39 is 10.0 Å². The highest BCUT2D eigenvalue weighted by Gasteiger charge is 2.26. The third-order valence-electron chi connectivity index (χ3n) is 5.60. The largest absolute Gasteiger partial charge is 0.379 e. The summed E-state index contributed by atoms with van der Waals surface area (Å²) in [5.74, 6) is -0.151. The summed E-state index contributed by atoms with van der Waals surface area (Å²) in [5.41, 5.74) is 3.27. The quantitative estimate of drug-likeness (QED) is 0.746. The Morgan fingerprint density at radius 1 is 1.07 bits per heavy atom. The predicted octanol–water partition coefficient (Wildman–Crippen LogP) is 2.91. The lowest BCUT2D eigenvalue weighted by molar-refractivity contribution is -0.117. The molecule has 0 spiro atoms. The number of hydrogen-bond donors (Lipinski definition) is 1. The van der Waals surface area contributed by atoms with Crippen LogP contribution in [0.1, 0.15) is 35.6 Å². The highest BCUT2D eigenvalue weighted by molar-refractivity contribution is 7.89. The average Bonchev–Trinajstić information content (AvgIpc) is 2.79. The van der Waals surface area contributed by atoms with Gasteiger partial charge < -0.3 is 10.1 Å². The molecular weight excluding hydrogens is 400 g/mol. The molecule has 4 rings (SSSR count). The first-order chi connectivity index (χ1) is 14.5. The fourth-order valence-corrected chi connectivity index (χ4v) is 5.39. The molecule has 1 fully saturated rings. The van der Waals surface area contributed by atoms with Crippen LogP contribution in [0.15, 0.2) is 59.5 Å². The fourth-order valence-electron chi connectivity index (χ4n) is 3.98. The van der Waals surface area contributed by atoms with Crippen LogP contribution in [-0.2, 0) is 26.0 Å². The van der Waals surface area contributed by atoms with Gasteiger partial charge in [0, 0.05) is 19.2 Å². The van der Waals surface area contributed by atoms with Gasteiger partial charge in [0.25, 0.3) is 0 Å². The molecule has 1 unspecified atom stereocenters. The Hall–Kier alpha value is -2.48. The summed E-state index contributed by atoms with van der Waals surface area (Å²) in [6, 6.07) is 14.9. The summed E-state index contributed by atoms with van der Waals surface area (Å²) in [5, 5.41) is 3.08. The minimum atomic E-state index is -3.51. The lowest BCUT2D eigenvalue weighted by Crippen LogP contribution is -2.40. The number of amides is 1. The molecule has 1 N–H and O–H groups in total. The predicted molar refractivity (Wildman–Crippen MR) is 115 cm³/mol. The van der Waals surface area contributed by atoms with Crippen molar-refractivity contribution in [3.05, 3.63) is 71.3 Å². The Morgan fingerprint density at radius 2 is 1.80 bits per heavy atom. The van der Waals surface area contributed by atoms with Crippen molar-refractivity contribution in [2.24, 2.45) is 0 Å². The van der Waals surface area contributed by atoms with Crippen LogP contribution in [0.25, 0.3) is 6.08 Å². The minimum absolute atomic E-state index is 0.0353. The number of sulfonamides is 1. The van der Waals surface area contributed by atoms with Crippen molar-refractivity contribution < 1.29 is 17.9 Å². The molecule has 0 aromatic heterocycles. The van der Waals surface area contributed by atoms with Crippen molar-refractivity contribution in [3.63, 3.8) is 0 Å². The van der Waals surface area contributed by atoms with Crippen molar-refractivity contribution in [2.45, 2.75) is 30.2 Å². The summed E-state index contributed by atoms with van der Waals surface area (Å²) in [4.78, 5) is 12.7. The van der Waals surface area contributed by atoms with Gasteiger partial charge in [-0.25, -0.2) is 8.42 Å². The van der Waals surface area contributed by atoms with E-state index in [1.165, 1.54) is 21.5 Å². The number of carbonyl (C=O) groups excluding carboxylic acids is 1. The zero-order valence-corrected chi connectivity index (χ0v) is 17.6. The number of ether oxygens (including phenoxy) is 1. The molecule has 1 saturated heterocycles. The van der Waals surface area contributed by atoms with Crippen molar-refractivity contribution >= 4 is 22.0 Å². The summed E-state index contributed by atoms with van der Waals surface area (Å²) in [6.45, 7) is 1.57. The Kier molecular flexibility index (Phi) is 6.32. The van der Waals surface area contributed by atoms with E-state index in [1.807, 2.05) is 12.1 Å². The molecule has 158 valence electrons. The van der Waals surface area contributed by atoms with Crippen LogP contribution in [0, 0.1) is 0 Å². The van der Waals surface area contributed by atoms with Gasteiger partial charge in [0.1, 0.15) is 0 Å². The average molecular weight is 427 g/mol. The number of aryl methyl sites for hydroxylation is 1. The van der Waals surface area contributed by atoms with Crippen LogP contribution < -0.4 is 5.32 Å². The van der Waals surface area contributed by atoms with E-state index in [9.17, 15) is 13.2 Å². The van der Waals surface area contributed by atoms with E-state index >= 15 is 0 Å². The fraction of sp³-hybridized carbons (Fsp3) is 0.348. The molecule has 0 radical (unpaired) electrons. The standard InChI is InChI=1S/C23H26N2O4S/c26-23(24-22-7-3-5-19-4-1-2-6-21(19)22)13-10-18-8-11-20(12-9-18)30(27,28)25-14-16-29-17-15-25/h1-2,4,6,8-13,22H,3,5,7,14-17H2,(H,24,26). The minimum Gasteiger partial charge on any atom is -0.379 e. The second-order valence-corrected chi connectivity index (χ2v) is 9.51. The van der Waals surface area contributed by atoms with E-state index in [-0.39, 0.29) is 16.8 Å². The number of rotatable bonds is 5. The first-order valence-corrected chi connectivity index (χ1v) is 11.7. The van der Waals surface area contributed by atoms with E-state index in [0.29, 0.717) is 26.3 Å². The van der Waals surface area contributed by atoms with E-state index in [1.54, 1.807) is 30.3 Å². The monoisotopic (exact) mass is 426 g/mol. The lowest BCUT2D eigenvalue weighted by atomic mass is 9.88. The van der Waals surface area contributed by atoms with Crippen LogP contribution >= 0.6 is 0 Å². The zero-order chi connectivity index (χ0) is 21.0. The molecule has 1 aliphatic carbocycles. The summed E-state index contributed by atoms with van der Waals surface area (Å²) in [6.07, 6.45) is 6.26. The molecule has 1 atom stereocenters. The Morgan fingerprint density at radius 3 is 2.57 bits per heavy atom. The molecule has 6 nitrogen and oxygen atoms in total. The third-order valence-corrected chi connectivity index (χ3v) is 7.51. The smallest absolute Gasteiger partial charge is 0.244 e. The number of hydrogen-bond acceptors (Lipinski definition) is 4. The molecule has 0 saturated carbocycles. The molecule has 2 aliphatic rings. The van der Waals surface area contributed by atoms with Crippen molar-refractivity contribution in [3.8, 4) is 0 Å². The maximum Gasteiger partial charge on any atom is 0.244 e. The molecule has 1 heterocycles. The highest BCUT2D eigenvalue weighted by atomic mass is 32.2. The molecule has 2 aromatic carbocycles. The van der Waals surface area contributed by atoms with Gasteiger partial charge in [-0.3, -0.25) is 4.79 Å². The van der Waals surface area contributed by atoms with Gasteiger partial charge >= 0.3 is 0 Å². The molecule has 2 aromatic rings. The van der Waals surface area contributed by atoms with Gasteiger partial charge in [-0.05, 0) is 54.2 Å². The molecule has 1 amide bonds. The number of morpholine rings is 1. The first-order valence-electron chi connectivity index (χ1n) is 10.3. The lowest BCUT2D eigenvalue weighted by Gasteiger charge is -2.26. The summed E-state index contributed by atoms with van der Waals surface area (Å²) >= 11 is 0. The number of fused-ring (bicyclic) bond motifs is 1. The molecule has 30 heavy (non-hydrogen) atoms. The maximum absolute atomic E-state index is 12.7. The normalized spacial score (nSPS) is 20.1. The summed E-state index contributed by atoms with van der Waals surface area (Å²) in [7, 11) is -3.51. The van der Waals surface area contributed by atoms with Gasteiger partial charge in [-0.1, -0.05) is 36.4 Å². The van der Waals surface area contributed by atoms with Crippen LogP contribution in [0.4, 0.5) is 0 Å². The van der Waals surface area contributed by atoms with Crippen LogP contribution in [0.2, 0.25) is 0 Å². The Labute approximate surface area is 177 Å². The van der Waals surface area contributed by atoms with E-state index in [0.717, 1.165) is 24.8 Å². The second-order valence-electron chi connectivity index (χ2n) is 7.57. The van der Waals surface area contributed by atoms with Crippen LogP contribution in [-0.4, -0.2) is 44.9 Å². The van der Waals surface area contributed by atoms with Crippen LogP contribution in [0.3, 0.4) is 0 Å². The van der Waals surface area contributed by atoms with Crippen molar-refractivity contribution in [2.75, 3.05) is 26.3 Å². The van der Waals surface area contributed by atoms with Crippen molar-refractivity contribution in [1.29, 1.82) is 0 Å². The van der Waals surface area contributed by atoms with E-state index in [2.05, 4.69) is 17.4 Å². The highest BCUT2D eigenvalue weighted by Crippen LogP contribution is 2.29. The third kappa shape index (κ3) is 4.64. The van der Waals surface area contributed by atoms with Crippen molar-refractivity contribution in [1.82, 2.24) is 9.62 Å². The number of benzene rings is 2. The Bertz CT molecular complexity index is 1030. The van der Waals surface area contributed by atoms with Gasteiger partial charge in [0.05, 0.1) is 24.2 Å². The summed E-state index contributed by atoms with van der Waals surface area (Å²) < 4.78 is 32.0. The molecule has 7 heteroatoms. The number of nitrogens with one attached hydrogen (secondary N) is 1. The zero-order valence-electron chi connectivity index (χ0n) is 16.8. The van der Waals surface area contributed by atoms with E-state index in [4.69, 9.17) is 4.74 Å². The SMILES string of the molecule is O=C(C=Cc1ccc(S(=O)(=O)N2CCOCC2)cc1)NC1CCCc2ccccc21. The first kappa shape index (κ1) is 20.8. The number of nitrogens with zero attached hydrogens (tertiary/aromatic N) is 1. The molecular formula is C23H26N2O4S. The molecule has 0 bridgehead atoms. The number of carbonyl (C=O) groups is 1. The van der Waals surface area contributed by atoms with Gasteiger partial charge in [-0.2, -0.15) is 4.31 Å². The molecule has 1 aliphatic heterocycles. The Balaban J connectivity index is 1.39. The van der Waals surface area contributed by atoms with Gasteiger partial charge in [-0.15, -0.1) is 0 Å².